The van der Waals surface area contributed by atoms with Crippen molar-refractivity contribution >= 4 is 11.9 Å². The average molecular weight is 293 g/mol. The molecule has 1 heterocycles. The topological polar surface area (TPSA) is 87.1 Å². The Morgan fingerprint density at radius 1 is 1.33 bits per heavy atom. The van der Waals surface area contributed by atoms with E-state index in [4.69, 9.17) is 9.84 Å². The number of benzene rings is 1. The molecule has 1 fully saturated rings. The van der Waals surface area contributed by atoms with E-state index < -0.39 is 12.1 Å². The zero-order chi connectivity index (χ0) is 15.4. The van der Waals surface area contributed by atoms with E-state index in [9.17, 15) is 14.7 Å². The van der Waals surface area contributed by atoms with Crippen molar-refractivity contribution in [2.75, 3.05) is 13.2 Å². The number of β-amino-alcohol motifs (C(OH)–C–C–N with tert-alkyl or cyclic N) is 1. The number of carboxylic acid groups (broad SMARTS) is 1. The van der Waals surface area contributed by atoms with Crippen LogP contribution in [0.25, 0.3) is 0 Å². The molecule has 0 radical (unpaired) electrons. The smallest absolute Gasteiger partial charge is 0.335 e. The third-order valence-corrected chi connectivity index (χ3v) is 3.56. The van der Waals surface area contributed by atoms with Crippen LogP contribution in [0.2, 0.25) is 0 Å². The molecule has 1 aliphatic rings. The monoisotopic (exact) mass is 293 g/mol. The first-order chi connectivity index (χ1) is 10.0. The zero-order valence-corrected chi connectivity index (χ0v) is 11.9. The van der Waals surface area contributed by atoms with Crippen LogP contribution in [0.5, 0.6) is 5.75 Å². The van der Waals surface area contributed by atoms with Crippen LogP contribution in [0.3, 0.4) is 0 Å². The minimum Gasteiger partial charge on any atom is -0.491 e. The highest BCUT2D eigenvalue weighted by Gasteiger charge is 2.33. The fraction of sp³-hybridized carbons (Fsp3) is 0.467. The van der Waals surface area contributed by atoms with Crippen LogP contribution in [-0.4, -0.2) is 52.3 Å². The zero-order valence-electron chi connectivity index (χ0n) is 11.9. The number of aliphatic hydroxyl groups excluding tert-OH is 1. The molecule has 2 N–H and O–H groups in total. The second kappa shape index (κ2) is 6.58. The van der Waals surface area contributed by atoms with Crippen LogP contribution in [0.4, 0.5) is 0 Å². The molecule has 6 nitrogen and oxygen atoms in total. The van der Waals surface area contributed by atoms with Gasteiger partial charge < -0.3 is 19.8 Å². The maximum absolute atomic E-state index is 11.8. The summed E-state index contributed by atoms with van der Waals surface area (Å²) in [5.41, 5.74) is 0.196. The van der Waals surface area contributed by atoms with Gasteiger partial charge in [-0.1, -0.05) is 6.92 Å². The van der Waals surface area contributed by atoms with Gasteiger partial charge in [0.15, 0.2) is 0 Å². The van der Waals surface area contributed by atoms with Crippen molar-refractivity contribution in [2.45, 2.75) is 31.9 Å². The van der Waals surface area contributed by atoms with E-state index >= 15 is 0 Å². The number of hydrogen-bond donors (Lipinski definition) is 2. The van der Waals surface area contributed by atoms with Crippen LogP contribution >= 0.6 is 0 Å². The Labute approximate surface area is 122 Å². The van der Waals surface area contributed by atoms with Gasteiger partial charge >= 0.3 is 5.97 Å². The molecule has 114 valence electrons. The molecule has 1 aromatic carbocycles. The molecule has 2 rings (SSSR count). The number of hydrogen-bond acceptors (Lipinski definition) is 4. The lowest BCUT2D eigenvalue weighted by Gasteiger charge is -2.24. The molecule has 2 atom stereocenters. The van der Waals surface area contributed by atoms with Crippen LogP contribution in [-0.2, 0) is 4.79 Å². The van der Waals surface area contributed by atoms with Gasteiger partial charge in [-0.3, -0.25) is 4.79 Å². The summed E-state index contributed by atoms with van der Waals surface area (Å²) in [4.78, 5) is 24.2. The van der Waals surface area contributed by atoms with Crippen LogP contribution in [0.1, 0.15) is 30.1 Å². The number of carboxylic acids is 1. The number of ether oxygens (including phenoxy) is 1. The molecule has 1 unspecified atom stereocenters. The summed E-state index contributed by atoms with van der Waals surface area (Å²) in [7, 11) is 0. The van der Waals surface area contributed by atoms with Gasteiger partial charge in [0.1, 0.15) is 12.4 Å². The van der Waals surface area contributed by atoms with Crippen LogP contribution in [0.15, 0.2) is 24.3 Å². The molecular weight excluding hydrogens is 274 g/mol. The third-order valence-electron chi connectivity index (χ3n) is 3.56. The van der Waals surface area contributed by atoms with Crippen molar-refractivity contribution in [1.29, 1.82) is 0 Å². The molecule has 21 heavy (non-hydrogen) atoms. The molecule has 0 saturated carbocycles. The molecule has 0 bridgehead atoms. The Balaban J connectivity index is 1.95. The second-order valence-electron chi connectivity index (χ2n) is 5.08. The molecule has 0 spiro atoms. The Kier molecular flexibility index (Phi) is 4.80. The lowest BCUT2D eigenvalue weighted by Crippen LogP contribution is -2.38. The number of amides is 1. The maximum atomic E-state index is 11.8. The Morgan fingerprint density at radius 3 is 2.57 bits per heavy atom. The molecule has 1 saturated heterocycles. The van der Waals surface area contributed by atoms with Crippen molar-refractivity contribution in [3.63, 3.8) is 0 Å². The van der Waals surface area contributed by atoms with Gasteiger partial charge in [-0.05, 0) is 30.7 Å². The van der Waals surface area contributed by atoms with Gasteiger partial charge in [-0.25, -0.2) is 4.79 Å². The number of carbonyl (C=O) groups is 2. The highest BCUT2D eigenvalue weighted by atomic mass is 16.5. The molecule has 1 aromatic rings. The fourth-order valence-electron chi connectivity index (χ4n) is 2.44. The lowest BCUT2D eigenvalue weighted by atomic mass is 10.2. The molecule has 6 heteroatoms. The molecule has 1 aliphatic heterocycles. The third kappa shape index (κ3) is 3.72. The minimum absolute atomic E-state index is 0.00127. The number of carbonyl (C=O) groups excluding carboxylic acids is 1. The predicted octanol–water partition coefficient (Wildman–Crippen LogP) is 1.14. The summed E-state index contributed by atoms with van der Waals surface area (Å²) >= 11 is 0. The van der Waals surface area contributed by atoms with Crippen LogP contribution < -0.4 is 4.74 Å². The Morgan fingerprint density at radius 2 is 2.00 bits per heavy atom. The van der Waals surface area contributed by atoms with E-state index in [1.54, 1.807) is 24.0 Å². The lowest BCUT2D eigenvalue weighted by molar-refractivity contribution is -0.132. The largest absolute Gasteiger partial charge is 0.491 e. The molecule has 0 aliphatic carbocycles. The Hall–Kier alpha value is -2.08. The first kappa shape index (κ1) is 15.3. The van der Waals surface area contributed by atoms with Gasteiger partial charge in [-0.2, -0.15) is 0 Å². The van der Waals surface area contributed by atoms with Crippen molar-refractivity contribution in [2.24, 2.45) is 0 Å². The first-order valence-corrected chi connectivity index (χ1v) is 6.95. The normalized spacial score (nSPS) is 21.3. The number of nitrogens with zero attached hydrogens (tertiary/aromatic N) is 1. The fourth-order valence-corrected chi connectivity index (χ4v) is 2.44. The SMILES string of the molecule is CCC(=O)N1C[C@H](O)CC1COc1ccc(C(=O)O)cc1. The summed E-state index contributed by atoms with van der Waals surface area (Å²) < 4.78 is 5.60. The van der Waals surface area contributed by atoms with E-state index in [0.29, 0.717) is 25.1 Å². The number of aliphatic hydroxyl groups is 1. The Bertz CT molecular complexity index is 513. The second-order valence-corrected chi connectivity index (χ2v) is 5.08. The van der Waals surface area contributed by atoms with Gasteiger partial charge in [0.25, 0.3) is 0 Å². The first-order valence-electron chi connectivity index (χ1n) is 6.95. The van der Waals surface area contributed by atoms with Crippen molar-refractivity contribution < 1.29 is 24.5 Å². The van der Waals surface area contributed by atoms with E-state index in [1.807, 2.05) is 0 Å². The predicted molar refractivity (Wildman–Crippen MR) is 75.3 cm³/mol. The van der Waals surface area contributed by atoms with E-state index in [-0.39, 0.29) is 24.1 Å². The van der Waals surface area contributed by atoms with E-state index in [0.717, 1.165) is 0 Å². The number of likely N-dealkylation sites (tertiary alicyclic amines) is 1. The van der Waals surface area contributed by atoms with Crippen molar-refractivity contribution in [3.8, 4) is 5.75 Å². The highest BCUT2D eigenvalue weighted by molar-refractivity contribution is 5.87. The van der Waals surface area contributed by atoms with Gasteiger partial charge in [-0.15, -0.1) is 0 Å². The number of aromatic carboxylic acids is 1. The summed E-state index contributed by atoms with van der Waals surface area (Å²) in [5, 5.41) is 18.5. The molecule has 1 amide bonds. The quantitative estimate of drug-likeness (QED) is 0.850. The molecular formula is C15H19NO5. The van der Waals surface area contributed by atoms with Crippen molar-refractivity contribution in [3.05, 3.63) is 29.8 Å². The number of rotatable bonds is 5. The minimum atomic E-state index is -0.986. The molecule has 0 aromatic heterocycles. The standard InChI is InChI=1S/C15H19NO5/c1-2-14(18)16-8-12(17)7-11(16)9-21-13-5-3-10(4-6-13)15(19)20/h3-6,11-12,17H,2,7-9H2,1H3,(H,19,20)/t11?,12-/m1/s1. The van der Waals surface area contributed by atoms with E-state index in [1.165, 1.54) is 12.1 Å². The van der Waals surface area contributed by atoms with E-state index in [2.05, 4.69) is 0 Å². The maximum Gasteiger partial charge on any atom is 0.335 e. The summed E-state index contributed by atoms with van der Waals surface area (Å²) in [6, 6.07) is 5.96. The van der Waals surface area contributed by atoms with Crippen molar-refractivity contribution in [1.82, 2.24) is 4.90 Å². The summed E-state index contributed by atoms with van der Waals surface area (Å²) in [5.74, 6) is -0.438. The summed E-state index contributed by atoms with van der Waals surface area (Å²) in [6.07, 6.45) is 0.388. The average Bonchev–Trinajstić information content (AvgIpc) is 2.85. The summed E-state index contributed by atoms with van der Waals surface area (Å²) in [6.45, 7) is 2.42. The highest BCUT2D eigenvalue weighted by Crippen LogP contribution is 2.21. The van der Waals surface area contributed by atoms with Gasteiger partial charge in [0, 0.05) is 13.0 Å². The van der Waals surface area contributed by atoms with Gasteiger partial charge in [0.2, 0.25) is 5.91 Å². The van der Waals surface area contributed by atoms with Crippen LogP contribution in [0, 0.1) is 0 Å². The van der Waals surface area contributed by atoms with Gasteiger partial charge in [0.05, 0.1) is 17.7 Å².